The second-order valence-corrected chi connectivity index (χ2v) is 6.25. The van der Waals surface area contributed by atoms with Crippen LogP contribution in [-0.2, 0) is 11.2 Å². The van der Waals surface area contributed by atoms with Crippen LogP contribution in [0.25, 0.3) is 6.08 Å². The molecule has 1 heterocycles. The van der Waals surface area contributed by atoms with Gasteiger partial charge < -0.3 is 0 Å². The molecule has 1 N–H and O–H groups in total. The second-order valence-electron chi connectivity index (χ2n) is 5.89. The summed E-state index contributed by atoms with van der Waals surface area (Å²) in [5, 5.41) is 3.11. The Morgan fingerprint density at radius 1 is 1.32 bits per heavy atom. The highest BCUT2D eigenvalue weighted by Gasteiger charge is 2.23. The minimum atomic E-state index is -0.484. The van der Waals surface area contributed by atoms with E-state index in [0.717, 1.165) is 24.1 Å². The molecule has 0 saturated carbocycles. The summed E-state index contributed by atoms with van der Waals surface area (Å²) in [7, 11) is 0. The Morgan fingerprint density at radius 3 is 2.63 bits per heavy atom. The average Bonchev–Trinajstić information content (AvgIpc) is 2.29. The number of hydrogen-bond donors (Lipinski definition) is 1. The molecule has 0 aromatic carbocycles. The Labute approximate surface area is 118 Å². The zero-order valence-electron chi connectivity index (χ0n) is 11.7. The summed E-state index contributed by atoms with van der Waals surface area (Å²) in [5.41, 5.74) is 2.56. The zero-order chi connectivity index (χ0) is 14.2. The maximum Gasteiger partial charge on any atom is 0.232 e. The summed E-state index contributed by atoms with van der Waals surface area (Å²) in [6.07, 6.45) is 3.81. The normalized spacial score (nSPS) is 14.7. The highest BCUT2D eigenvalue weighted by Crippen LogP contribution is 2.28. The van der Waals surface area contributed by atoms with Crippen molar-refractivity contribution in [2.24, 2.45) is 5.41 Å². The first-order chi connectivity index (χ1) is 8.77. The van der Waals surface area contributed by atoms with Crippen molar-refractivity contribution in [3.05, 3.63) is 22.0 Å². The van der Waals surface area contributed by atoms with Crippen molar-refractivity contribution in [3.63, 3.8) is 0 Å². The smallest absolute Gasteiger partial charge is 0.232 e. The number of nitrogens with one attached hydrogen (secondary N) is 1. The molecule has 1 aromatic rings. The third kappa shape index (κ3) is 3.13. The number of carbonyl (C=O) groups is 1. The Morgan fingerprint density at radius 2 is 2.00 bits per heavy atom. The van der Waals surface area contributed by atoms with E-state index in [2.05, 4.69) is 22.2 Å². The van der Waals surface area contributed by atoms with Crippen LogP contribution in [0.2, 0.25) is 5.15 Å². The maximum absolute atomic E-state index is 11.9. The molecule has 1 aliphatic rings. The molecule has 0 spiro atoms. The van der Waals surface area contributed by atoms with E-state index in [0.29, 0.717) is 5.15 Å². The predicted molar refractivity (Wildman–Crippen MR) is 77.1 cm³/mol. The van der Waals surface area contributed by atoms with Crippen molar-refractivity contribution >= 4 is 29.5 Å². The minimum Gasteiger partial charge on any atom is -0.294 e. The number of allylic oxidation sites excluding steroid dienone is 1. The van der Waals surface area contributed by atoms with Crippen LogP contribution in [0.15, 0.2) is 5.57 Å². The van der Waals surface area contributed by atoms with Gasteiger partial charge in [0.2, 0.25) is 11.9 Å². The van der Waals surface area contributed by atoms with E-state index in [-0.39, 0.29) is 11.9 Å². The highest BCUT2D eigenvalue weighted by molar-refractivity contribution is 6.31. The Kier molecular flexibility index (Phi) is 3.63. The lowest BCUT2D eigenvalue weighted by atomic mass is 9.96. The van der Waals surface area contributed by atoms with E-state index in [1.807, 2.05) is 26.8 Å². The van der Waals surface area contributed by atoms with E-state index in [1.54, 1.807) is 0 Å². The van der Waals surface area contributed by atoms with Gasteiger partial charge in [-0.25, -0.2) is 9.97 Å². The molecule has 0 radical (unpaired) electrons. The van der Waals surface area contributed by atoms with E-state index in [9.17, 15) is 4.79 Å². The third-order valence-electron chi connectivity index (χ3n) is 3.03. The molecule has 0 bridgehead atoms. The van der Waals surface area contributed by atoms with Gasteiger partial charge >= 0.3 is 0 Å². The highest BCUT2D eigenvalue weighted by atomic mass is 35.5. The third-order valence-corrected chi connectivity index (χ3v) is 3.32. The van der Waals surface area contributed by atoms with Crippen LogP contribution in [0.3, 0.4) is 0 Å². The number of rotatable bonds is 1. The Hall–Kier alpha value is -1.42. The van der Waals surface area contributed by atoms with Crippen LogP contribution in [-0.4, -0.2) is 15.9 Å². The van der Waals surface area contributed by atoms with Gasteiger partial charge in [-0.2, -0.15) is 0 Å². The lowest BCUT2D eigenvalue weighted by molar-refractivity contribution is -0.123. The first kappa shape index (κ1) is 14.0. The Balaban J connectivity index is 2.31. The van der Waals surface area contributed by atoms with Gasteiger partial charge in [-0.05, 0) is 19.8 Å². The molecule has 0 fully saturated rings. The monoisotopic (exact) mass is 279 g/mol. The molecule has 4 nitrogen and oxygen atoms in total. The largest absolute Gasteiger partial charge is 0.294 e. The van der Waals surface area contributed by atoms with Crippen LogP contribution < -0.4 is 5.32 Å². The van der Waals surface area contributed by atoms with Crippen LogP contribution in [0.5, 0.6) is 0 Å². The van der Waals surface area contributed by atoms with E-state index in [4.69, 9.17) is 11.6 Å². The number of hydrogen-bond acceptors (Lipinski definition) is 3. The first-order valence-corrected chi connectivity index (χ1v) is 6.70. The van der Waals surface area contributed by atoms with Crippen LogP contribution in [0.1, 0.15) is 45.4 Å². The van der Waals surface area contributed by atoms with Crippen LogP contribution >= 0.6 is 11.6 Å². The maximum atomic E-state index is 11.9. The summed E-state index contributed by atoms with van der Waals surface area (Å²) in [6.45, 7) is 7.59. The van der Waals surface area contributed by atoms with Crippen LogP contribution in [0, 0.1) is 5.41 Å². The molecule has 0 atom stereocenters. The number of aryl methyl sites for hydroxylation is 1. The first-order valence-electron chi connectivity index (χ1n) is 6.32. The lowest BCUT2D eigenvalue weighted by Crippen LogP contribution is -2.28. The van der Waals surface area contributed by atoms with Gasteiger partial charge in [-0.1, -0.05) is 44.0 Å². The van der Waals surface area contributed by atoms with Crippen molar-refractivity contribution in [3.8, 4) is 0 Å². The van der Waals surface area contributed by atoms with Crippen LogP contribution in [0.4, 0.5) is 5.95 Å². The summed E-state index contributed by atoms with van der Waals surface area (Å²) < 4.78 is 0. The number of fused-ring (bicyclic) bond motifs is 1. The summed E-state index contributed by atoms with van der Waals surface area (Å²) in [4.78, 5) is 20.5. The fraction of sp³-hybridized carbons (Fsp3) is 0.500. The molecule has 0 saturated heterocycles. The van der Waals surface area contributed by atoms with Gasteiger partial charge in [0.1, 0.15) is 5.15 Å². The number of nitrogens with zero attached hydrogens (tertiary/aromatic N) is 2. The number of carbonyl (C=O) groups excluding carboxylic acids is 1. The molecule has 0 aliphatic heterocycles. The SMILES string of the molecule is CC1=Cc2c(Cl)nc(NC(=O)C(C)(C)C)nc2CC1. The zero-order valence-corrected chi connectivity index (χ0v) is 12.4. The van der Waals surface area contributed by atoms with Gasteiger partial charge in [0.25, 0.3) is 0 Å². The fourth-order valence-corrected chi connectivity index (χ4v) is 2.04. The number of halogens is 1. The molecule has 102 valence electrons. The number of amides is 1. The summed E-state index contributed by atoms with van der Waals surface area (Å²) in [6, 6.07) is 0. The Bertz CT molecular complexity index is 559. The van der Waals surface area contributed by atoms with E-state index >= 15 is 0 Å². The second kappa shape index (κ2) is 4.93. The molecule has 1 aliphatic carbocycles. The van der Waals surface area contributed by atoms with Gasteiger partial charge in [0, 0.05) is 11.0 Å². The minimum absolute atomic E-state index is 0.119. The molecular weight excluding hydrogens is 262 g/mol. The molecule has 1 aromatic heterocycles. The van der Waals surface area contributed by atoms with Crippen molar-refractivity contribution in [1.29, 1.82) is 0 Å². The average molecular weight is 280 g/mol. The summed E-state index contributed by atoms with van der Waals surface area (Å²) >= 11 is 6.16. The number of aromatic nitrogens is 2. The van der Waals surface area contributed by atoms with Gasteiger partial charge in [-0.15, -0.1) is 0 Å². The molecule has 2 rings (SSSR count). The van der Waals surface area contributed by atoms with Gasteiger partial charge in [-0.3, -0.25) is 10.1 Å². The van der Waals surface area contributed by atoms with Gasteiger partial charge in [0.15, 0.2) is 0 Å². The van der Waals surface area contributed by atoms with E-state index in [1.165, 1.54) is 5.57 Å². The molecule has 0 unspecified atom stereocenters. The molecule has 5 heteroatoms. The van der Waals surface area contributed by atoms with Crippen molar-refractivity contribution in [2.75, 3.05) is 5.32 Å². The van der Waals surface area contributed by atoms with Gasteiger partial charge in [0.05, 0.1) is 5.69 Å². The molecular formula is C14H18ClN3O. The predicted octanol–water partition coefficient (Wildman–Crippen LogP) is 3.46. The number of anilines is 1. The van der Waals surface area contributed by atoms with Crippen molar-refractivity contribution < 1.29 is 4.79 Å². The molecule has 19 heavy (non-hydrogen) atoms. The topological polar surface area (TPSA) is 54.9 Å². The fourth-order valence-electron chi connectivity index (χ4n) is 1.80. The standard InChI is InChI=1S/C14H18ClN3O/c1-8-5-6-10-9(7-8)11(15)17-13(16-10)18-12(19)14(2,3)4/h7H,5-6H2,1-4H3,(H,16,17,18,19). The lowest BCUT2D eigenvalue weighted by Gasteiger charge is -2.19. The summed E-state index contributed by atoms with van der Waals surface area (Å²) in [5.74, 6) is 0.169. The van der Waals surface area contributed by atoms with Crippen molar-refractivity contribution in [2.45, 2.75) is 40.5 Å². The van der Waals surface area contributed by atoms with Crippen molar-refractivity contribution in [1.82, 2.24) is 9.97 Å². The quantitative estimate of drug-likeness (QED) is 0.801. The molecule has 1 amide bonds. The van der Waals surface area contributed by atoms with E-state index < -0.39 is 5.41 Å².